The van der Waals surface area contributed by atoms with Crippen LogP contribution in [0.2, 0.25) is 0 Å². The molecule has 0 saturated carbocycles. The number of hydrogen-bond acceptors (Lipinski definition) is 5. The van der Waals surface area contributed by atoms with Crippen molar-refractivity contribution >= 4 is 11.8 Å². The third-order valence-corrected chi connectivity index (χ3v) is 3.36. The van der Waals surface area contributed by atoms with Crippen molar-refractivity contribution in [3.05, 3.63) is 48.2 Å². The molecular weight excluding hydrogens is 274 g/mol. The van der Waals surface area contributed by atoms with E-state index in [-0.39, 0.29) is 0 Å². The van der Waals surface area contributed by atoms with Gasteiger partial charge in [0.15, 0.2) is 0 Å². The highest BCUT2D eigenvalue weighted by Gasteiger charge is 2.05. The van der Waals surface area contributed by atoms with Gasteiger partial charge in [-0.05, 0) is 38.7 Å². The third-order valence-electron chi connectivity index (χ3n) is 3.36. The van der Waals surface area contributed by atoms with Crippen molar-refractivity contribution in [1.82, 2.24) is 14.9 Å². The maximum absolute atomic E-state index is 4.58. The summed E-state index contributed by atoms with van der Waals surface area (Å²) >= 11 is 0. The van der Waals surface area contributed by atoms with Gasteiger partial charge in [-0.15, -0.1) is 0 Å². The SMILES string of the molecule is CN(C)CCCNc1nccc(N(C)Cc2ccccc2)n1. The molecule has 0 saturated heterocycles. The molecule has 0 fully saturated rings. The van der Waals surface area contributed by atoms with E-state index in [1.807, 2.05) is 19.2 Å². The van der Waals surface area contributed by atoms with Crippen LogP contribution in [0.5, 0.6) is 0 Å². The van der Waals surface area contributed by atoms with Crippen LogP contribution >= 0.6 is 0 Å². The topological polar surface area (TPSA) is 44.3 Å². The van der Waals surface area contributed by atoms with Crippen LogP contribution in [0.15, 0.2) is 42.6 Å². The molecule has 0 amide bonds. The number of rotatable bonds is 8. The van der Waals surface area contributed by atoms with Crippen LogP contribution in [0, 0.1) is 0 Å². The fraction of sp³-hybridized carbons (Fsp3) is 0.412. The predicted octanol–water partition coefficient (Wildman–Crippen LogP) is 2.48. The van der Waals surface area contributed by atoms with Crippen molar-refractivity contribution in [2.75, 3.05) is 44.4 Å². The molecule has 0 aliphatic heterocycles. The van der Waals surface area contributed by atoms with E-state index in [0.29, 0.717) is 5.95 Å². The lowest BCUT2D eigenvalue weighted by Gasteiger charge is -2.18. The van der Waals surface area contributed by atoms with Gasteiger partial charge in [0.1, 0.15) is 5.82 Å². The number of anilines is 2. The molecule has 22 heavy (non-hydrogen) atoms. The summed E-state index contributed by atoms with van der Waals surface area (Å²) in [4.78, 5) is 13.2. The van der Waals surface area contributed by atoms with E-state index in [9.17, 15) is 0 Å². The second-order valence-corrected chi connectivity index (χ2v) is 5.66. The smallest absolute Gasteiger partial charge is 0.224 e. The molecule has 0 aliphatic carbocycles. The Hall–Kier alpha value is -2.14. The highest BCUT2D eigenvalue weighted by atomic mass is 15.2. The first-order chi connectivity index (χ1) is 10.6. The molecule has 2 rings (SSSR count). The van der Waals surface area contributed by atoms with Gasteiger partial charge in [0.05, 0.1) is 0 Å². The zero-order valence-corrected chi connectivity index (χ0v) is 13.7. The Morgan fingerprint density at radius 1 is 1.05 bits per heavy atom. The van der Waals surface area contributed by atoms with E-state index in [2.05, 4.69) is 63.4 Å². The van der Waals surface area contributed by atoms with Crippen molar-refractivity contribution in [2.24, 2.45) is 0 Å². The van der Waals surface area contributed by atoms with Crippen LogP contribution in [-0.4, -0.2) is 49.1 Å². The van der Waals surface area contributed by atoms with Crippen LogP contribution in [0.25, 0.3) is 0 Å². The summed E-state index contributed by atoms with van der Waals surface area (Å²) in [6, 6.07) is 12.3. The minimum atomic E-state index is 0.691. The van der Waals surface area contributed by atoms with Crippen molar-refractivity contribution < 1.29 is 0 Å². The zero-order chi connectivity index (χ0) is 15.8. The monoisotopic (exact) mass is 299 g/mol. The largest absolute Gasteiger partial charge is 0.355 e. The van der Waals surface area contributed by atoms with E-state index in [1.165, 1.54) is 5.56 Å². The van der Waals surface area contributed by atoms with Gasteiger partial charge < -0.3 is 15.1 Å². The van der Waals surface area contributed by atoms with Gasteiger partial charge in [0, 0.05) is 26.3 Å². The number of nitrogens with one attached hydrogen (secondary N) is 1. The summed E-state index contributed by atoms with van der Waals surface area (Å²) in [6.45, 7) is 2.77. The van der Waals surface area contributed by atoms with Crippen molar-refractivity contribution in [2.45, 2.75) is 13.0 Å². The maximum atomic E-state index is 4.58. The van der Waals surface area contributed by atoms with Gasteiger partial charge in [-0.2, -0.15) is 4.98 Å². The average Bonchev–Trinajstić information content (AvgIpc) is 2.53. The number of benzene rings is 1. The molecule has 0 spiro atoms. The summed E-state index contributed by atoms with van der Waals surface area (Å²) in [5.74, 6) is 1.62. The van der Waals surface area contributed by atoms with Crippen LogP contribution < -0.4 is 10.2 Å². The molecule has 0 radical (unpaired) electrons. The van der Waals surface area contributed by atoms with Gasteiger partial charge >= 0.3 is 0 Å². The Labute approximate surface area is 133 Å². The average molecular weight is 299 g/mol. The minimum absolute atomic E-state index is 0.691. The van der Waals surface area contributed by atoms with Crippen LogP contribution in [0.4, 0.5) is 11.8 Å². The molecule has 0 bridgehead atoms. The Kier molecular flexibility index (Phi) is 6.15. The van der Waals surface area contributed by atoms with Gasteiger partial charge in [0.25, 0.3) is 0 Å². The third kappa shape index (κ3) is 5.33. The quantitative estimate of drug-likeness (QED) is 0.759. The Morgan fingerprint density at radius 3 is 2.55 bits per heavy atom. The van der Waals surface area contributed by atoms with Crippen molar-refractivity contribution in [3.63, 3.8) is 0 Å². The summed E-state index contributed by atoms with van der Waals surface area (Å²) in [5.41, 5.74) is 1.27. The van der Waals surface area contributed by atoms with Gasteiger partial charge in [-0.25, -0.2) is 4.98 Å². The molecule has 0 atom stereocenters. The van der Waals surface area contributed by atoms with Crippen LogP contribution in [0.3, 0.4) is 0 Å². The summed E-state index contributed by atoms with van der Waals surface area (Å²) < 4.78 is 0. The molecule has 1 aromatic heterocycles. The lowest BCUT2D eigenvalue weighted by atomic mass is 10.2. The molecule has 0 unspecified atom stereocenters. The first-order valence-corrected chi connectivity index (χ1v) is 7.62. The fourth-order valence-electron chi connectivity index (χ4n) is 2.18. The highest BCUT2D eigenvalue weighted by Crippen LogP contribution is 2.13. The van der Waals surface area contributed by atoms with Gasteiger partial charge in [-0.3, -0.25) is 0 Å². The van der Waals surface area contributed by atoms with Crippen molar-refractivity contribution in [1.29, 1.82) is 0 Å². The molecule has 1 aromatic carbocycles. The van der Waals surface area contributed by atoms with Crippen LogP contribution in [0.1, 0.15) is 12.0 Å². The minimum Gasteiger partial charge on any atom is -0.355 e. The summed E-state index contributed by atoms with van der Waals surface area (Å²) in [6.07, 6.45) is 2.87. The lowest BCUT2D eigenvalue weighted by molar-refractivity contribution is 0.405. The van der Waals surface area contributed by atoms with E-state index in [0.717, 1.165) is 31.9 Å². The van der Waals surface area contributed by atoms with E-state index >= 15 is 0 Å². The normalized spacial score (nSPS) is 10.7. The van der Waals surface area contributed by atoms with Crippen LogP contribution in [-0.2, 0) is 6.54 Å². The Balaban J connectivity index is 1.90. The molecule has 118 valence electrons. The van der Waals surface area contributed by atoms with E-state index in [4.69, 9.17) is 0 Å². The van der Waals surface area contributed by atoms with Gasteiger partial charge in [0.2, 0.25) is 5.95 Å². The fourth-order valence-corrected chi connectivity index (χ4v) is 2.18. The standard InChI is InChI=1S/C17H25N5/c1-21(2)13-7-11-18-17-19-12-10-16(20-17)22(3)14-15-8-5-4-6-9-15/h4-6,8-10,12H,7,11,13-14H2,1-3H3,(H,18,19,20). The molecule has 1 heterocycles. The maximum Gasteiger partial charge on any atom is 0.224 e. The zero-order valence-electron chi connectivity index (χ0n) is 13.7. The first kappa shape index (κ1) is 16.2. The first-order valence-electron chi connectivity index (χ1n) is 7.62. The Morgan fingerprint density at radius 2 is 1.82 bits per heavy atom. The lowest BCUT2D eigenvalue weighted by Crippen LogP contribution is -2.19. The summed E-state index contributed by atoms with van der Waals surface area (Å²) in [5, 5.41) is 3.28. The summed E-state index contributed by atoms with van der Waals surface area (Å²) in [7, 11) is 6.20. The number of nitrogens with zero attached hydrogens (tertiary/aromatic N) is 4. The molecule has 1 N–H and O–H groups in total. The van der Waals surface area contributed by atoms with E-state index in [1.54, 1.807) is 6.20 Å². The Bertz CT molecular complexity index is 556. The predicted molar refractivity (Wildman–Crippen MR) is 92.2 cm³/mol. The number of aromatic nitrogens is 2. The molecule has 2 aromatic rings. The second-order valence-electron chi connectivity index (χ2n) is 5.66. The molecule has 5 heteroatoms. The molecule has 0 aliphatic rings. The molecular formula is C17H25N5. The van der Waals surface area contributed by atoms with E-state index < -0.39 is 0 Å². The molecule has 5 nitrogen and oxygen atoms in total. The number of hydrogen-bond donors (Lipinski definition) is 1. The second kappa shape index (κ2) is 8.34. The van der Waals surface area contributed by atoms with Gasteiger partial charge in [-0.1, -0.05) is 30.3 Å². The van der Waals surface area contributed by atoms with Crippen molar-refractivity contribution in [3.8, 4) is 0 Å². The highest BCUT2D eigenvalue weighted by molar-refractivity contribution is 5.42.